The standard InChI is InChI=1S/C20H20N2O5/c1-11-6-7-14(20(26)27)15(8-11)18(24)21-22-19(25)16-9-12-4-2-3-5-13(12)10-17(16)23/h2-6,9-10,14-15,23H,7-8H2,1H3,(H,21,24)(H,22,25)(H,26,27). The van der Waals surface area contributed by atoms with Gasteiger partial charge >= 0.3 is 5.97 Å². The van der Waals surface area contributed by atoms with E-state index in [4.69, 9.17) is 0 Å². The van der Waals surface area contributed by atoms with Crippen molar-refractivity contribution >= 4 is 28.6 Å². The number of carboxylic acid groups (broad SMARTS) is 1. The third-order valence-electron chi connectivity index (χ3n) is 4.81. The lowest BCUT2D eigenvalue weighted by molar-refractivity contribution is -0.147. The molecule has 140 valence electrons. The van der Waals surface area contributed by atoms with Crippen molar-refractivity contribution in [1.29, 1.82) is 0 Å². The summed E-state index contributed by atoms with van der Waals surface area (Å²) in [4.78, 5) is 36.2. The van der Waals surface area contributed by atoms with Crippen LogP contribution in [0, 0.1) is 11.8 Å². The fraction of sp³-hybridized carbons (Fsp3) is 0.250. The first-order valence-corrected chi connectivity index (χ1v) is 8.57. The fourth-order valence-electron chi connectivity index (χ4n) is 3.30. The predicted octanol–water partition coefficient (Wildman–Crippen LogP) is 2.36. The SMILES string of the molecule is CC1=CCC(C(=O)O)C(C(=O)NNC(=O)c2cc3ccccc3cc2O)C1. The number of rotatable bonds is 3. The van der Waals surface area contributed by atoms with Crippen LogP contribution < -0.4 is 10.9 Å². The first-order chi connectivity index (χ1) is 12.9. The topological polar surface area (TPSA) is 116 Å². The zero-order valence-corrected chi connectivity index (χ0v) is 14.7. The molecule has 0 saturated carbocycles. The third kappa shape index (κ3) is 3.92. The lowest BCUT2D eigenvalue weighted by Crippen LogP contribution is -2.47. The molecule has 7 heteroatoms. The Morgan fingerprint density at radius 3 is 2.37 bits per heavy atom. The van der Waals surface area contributed by atoms with Crippen LogP contribution in [-0.4, -0.2) is 28.0 Å². The Kier molecular flexibility index (Phi) is 5.12. The zero-order chi connectivity index (χ0) is 19.6. The summed E-state index contributed by atoms with van der Waals surface area (Å²) in [6.07, 6.45) is 2.41. The van der Waals surface area contributed by atoms with Crippen LogP contribution in [-0.2, 0) is 9.59 Å². The highest BCUT2D eigenvalue weighted by atomic mass is 16.4. The van der Waals surface area contributed by atoms with Crippen molar-refractivity contribution in [2.75, 3.05) is 0 Å². The highest BCUT2D eigenvalue weighted by Crippen LogP contribution is 2.30. The summed E-state index contributed by atoms with van der Waals surface area (Å²) in [5, 5.41) is 20.9. The van der Waals surface area contributed by atoms with Crippen LogP contribution in [0.2, 0.25) is 0 Å². The first-order valence-electron chi connectivity index (χ1n) is 8.57. The van der Waals surface area contributed by atoms with Gasteiger partial charge in [0.25, 0.3) is 5.91 Å². The van der Waals surface area contributed by atoms with Gasteiger partial charge in [0, 0.05) is 0 Å². The van der Waals surface area contributed by atoms with E-state index < -0.39 is 29.6 Å². The zero-order valence-electron chi connectivity index (χ0n) is 14.7. The smallest absolute Gasteiger partial charge is 0.307 e. The van der Waals surface area contributed by atoms with Gasteiger partial charge in [-0.25, -0.2) is 0 Å². The number of hydrazine groups is 1. The van der Waals surface area contributed by atoms with Crippen LogP contribution in [0.3, 0.4) is 0 Å². The summed E-state index contributed by atoms with van der Waals surface area (Å²) in [7, 11) is 0. The molecule has 0 bridgehead atoms. The molecule has 4 N–H and O–H groups in total. The Labute approximate surface area is 155 Å². The Balaban J connectivity index is 1.71. The van der Waals surface area contributed by atoms with Crippen molar-refractivity contribution in [2.45, 2.75) is 19.8 Å². The van der Waals surface area contributed by atoms with Gasteiger partial charge in [0.05, 0.1) is 17.4 Å². The number of carbonyl (C=O) groups excluding carboxylic acids is 2. The largest absolute Gasteiger partial charge is 0.507 e. The quantitative estimate of drug-likeness (QED) is 0.490. The van der Waals surface area contributed by atoms with Crippen LogP contribution >= 0.6 is 0 Å². The molecule has 0 saturated heterocycles. The summed E-state index contributed by atoms with van der Waals surface area (Å²) in [5.41, 5.74) is 5.51. The molecular formula is C20H20N2O5. The second-order valence-electron chi connectivity index (χ2n) is 6.70. The van der Waals surface area contributed by atoms with Crippen LogP contribution in [0.5, 0.6) is 5.75 Å². The molecule has 2 unspecified atom stereocenters. The normalized spacial score (nSPS) is 19.2. The lowest BCUT2D eigenvalue weighted by atomic mass is 9.79. The molecule has 0 aliphatic heterocycles. The molecule has 1 aliphatic carbocycles. The van der Waals surface area contributed by atoms with E-state index in [0.29, 0.717) is 6.42 Å². The number of phenolic OH excluding ortho intramolecular Hbond substituents is 1. The second-order valence-corrected chi connectivity index (χ2v) is 6.70. The molecule has 7 nitrogen and oxygen atoms in total. The number of nitrogens with one attached hydrogen (secondary N) is 2. The van der Waals surface area contributed by atoms with E-state index in [1.807, 2.05) is 31.2 Å². The minimum absolute atomic E-state index is 0.0171. The minimum atomic E-state index is -1.04. The number of hydrogen-bond donors (Lipinski definition) is 4. The maximum absolute atomic E-state index is 12.4. The third-order valence-corrected chi connectivity index (χ3v) is 4.81. The van der Waals surface area contributed by atoms with Crippen LogP contribution in [0.25, 0.3) is 10.8 Å². The molecular weight excluding hydrogens is 348 g/mol. The van der Waals surface area contributed by atoms with Crippen molar-refractivity contribution in [3.63, 3.8) is 0 Å². The number of allylic oxidation sites excluding steroid dienone is 2. The molecule has 0 fully saturated rings. The molecule has 2 aromatic carbocycles. The maximum Gasteiger partial charge on any atom is 0.307 e. The van der Waals surface area contributed by atoms with Gasteiger partial charge in [-0.2, -0.15) is 0 Å². The van der Waals surface area contributed by atoms with Crippen LogP contribution in [0.1, 0.15) is 30.1 Å². The van der Waals surface area contributed by atoms with Gasteiger partial charge in [-0.05, 0) is 42.7 Å². The van der Waals surface area contributed by atoms with E-state index in [2.05, 4.69) is 10.9 Å². The number of fused-ring (bicyclic) bond motifs is 1. The molecule has 3 rings (SSSR count). The average molecular weight is 368 g/mol. The minimum Gasteiger partial charge on any atom is -0.507 e. The van der Waals surface area contributed by atoms with Gasteiger partial charge < -0.3 is 10.2 Å². The lowest BCUT2D eigenvalue weighted by Gasteiger charge is -2.26. The summed E-state index contributed by atoms with van der Waals surface area (Å²) < 4.78 is 0. The molecule has 2 aromatic rings. The van der Waals surface area contributed by atoms with Crippen molar-refractivity contribution in [3.05, 3.63) is 53.6 Å². The second kappa shape index (κ2) is 7.49. The van der Waals surface area contributed by atoms with Gasteiger partial charge in [-0.3, -0.25) is 25.2 Å². The highest BCUT2D eigenvalue weighted by molar-refractivity contribution is 6.02. The van der Waals surface area contributed by atoms with Crippen molar-refractivity contribution < 1.29 is 24.6 Å². The molecule has 0 heterocycles. The number of aliphatic carboxylic acids is 1. The van der Waals surface area contributed by atoms with Gasteiger partial charge in [0.15, 0.2) is 0 Å². The summed E-state index contributed by atoms with van der Waals surface area (Å²) in [6, 6.07) is 10.2. The first kappa shape index (κ1) is 18.4. The fourth-order valence-corrected chi connectivity index (χ4v) is 3.30. The molecule has 0 radical (unpaired) electrons. The number of hydrogen-bond acceptors (Lipinski definition) is 4. The van der Waals surface area contributed by atoms with Crippen LogP contribution in [0.15, 0.2) is 48.0 Å². The Morgan fingerprint density at radius 2 is 1.70 bits per heavy atom. The molecule has 27 heavy (non-hydrogen) atoms. The predicted molar refractivity (Wildman–Crippen MR) is 98.8 cm³/mol. The van der Waals surface area contributed by atoms with Gasteiger partial charge in [0.1, 0.15) is 5.75 Å². The van der Waals surface area contributed by atoms with Crippen molar-refractivity contribution in [2.24, 2.45) is 11.8 Å². The number of carbonyl (C=O) groups is 3. The number of amides is 2. The monoisotopic (exact) mass is 368 g/mol. The van der Waals surface area contributed by atoms with Gasteiger partial charge in [-0.1, -0.05) is 35.9 Å². The number of benzene rings is 2. The number of phenols is 1. The van der Waals surface area contributed by atoms with E-state index in [0.717, 1.165) is 16.3 Å². The van der Waals surface area contributed by atoms with Crippen molar-refractivity contribution in [1.82, 2.24) is 10.9 Å². The Bertz CT molecular complexity index is 951. The molecule has 0 spiro atoms. The maximum atomic E-state index is 12.4. The Morgan fingerprint density at radius 1 is 1.04 bits per heavy atom. The van der Waals surface area contributed by atoms with E-state index in [1.165, 1.54) is 12.1 Å². The van der Waals surface area contributed by atoms with Crippen molar-refractivity contribution in [3.8, 4) is 5.75 Å². The summed E-state index contributed by atoms with van der Waals surface area (Å²) in [5.74, 6) is -4.10. The van der Waals surface area contributed by atoms with E-state index in [9.17, 15) is 24.6 Å². The molecule has 0 aromatic heterocycles. The summed E-state index contributed by atoms with van der Waals surface area (Å²) >= 11 is 0. The highest BCUT2D eigenvalue weighted by Gasteiger charge is 2.35. The number of carboxylic acids is 1. The van der Waals surface area contributed by atoms with E-state index in [-0.39, 0.29) is 17.7 Å². The van der Waals surface area contributed by atoms with Gasteiger partial charge in [0.2, 0.25) is 5.91 Å². The molecule has 2 amide bonds. The summed E-state index contributed by atoms with van der Waals surface area (Å²) in [6.45, 7) is 1.84. The van der Waals surface area contributed by atoms with E-state index >= 15 is 0 Å². The Hall–Kier alpha value is -3.35. The number of aromatic hydroxyl groups is 1. The molecule has 1 aliphatic rings. The molecule has 2 atom stereocenters. The van der Waals surface area contributed by atoms with E-state index in [1.54, 1.807) is 6.07 Å². The van der Waals surface area contributed by atoms with Crippen LogP contribution in [0.4, 0.5) is 0 Å². The van der Waals surface area contributed by atoms with Gasteiger partial charge in [-0.15, -0.1) is 0 Å². The average Bonchev–Trinajstić information content (AvgIpc) is 2.64.